The predicted molar refractivity (Wildman–Crippen MR) is 332 cm³/mol. The largest absolute Gasteiger partial charge is 0.506 e. The first-order valence-corrected chi connectivity index (χ1v) is 30.6. The van der Waals surface area contributed by atoms with Gasteiger partial charge in [-0.15, -0.1) is 0 Å². The zero-order valence-corrected chi connectivity index (χ0v) is 50.8. The second-order valence-electron chi connectivity index (χ2n) is 22.3. The average Bonchev–Trinajstić information content (AvgIpc) is 2.73. The molecule has 0 fully saturated rings. The minimum atomic E-state index is -0.696. The molecule has 27 heteroatoms. The lowest BCUT2D eigenvalue weighted by Gasteiger charge is -2.31. The number of nitrogens with one attached hydrogen (secondary N) is 9. The van der Waals surface area contributed by atoms with E-state index in [9.17, 15) is 68.4 Å². The van der Waals surface area contributed by atoms with Gasteiger partial charge in [0, 0.05) is 157 Å². The van der Waals surface area contributed by atoms with E-state index in [0.717, 1.165) is 0 Å². The van der Waals surface area contributed by atoms with E-state index in [1.165, 1.54) is 79.8 Å². The summed E-state index contributed by atoms with van der Waals surface area (Å²) in [6.45, 7) is 1.96. The quantitative estimate of drug-likeness (QED) is 0.0962. The third-order valence-corrected chi connectivity index (χ3v) is 16.0. The molecular weight excluding hydrogens is 1160 g/mol. The molecule has 9 amide bonds. The van der Waals surface area contributed by atoms with E-state index in [0.29, 0.717) is 32.1 Å². The second kappa shape index (κ2) is 34.5. The Morgan fingerprint density at radius 1 is 0.378 bits per heavy atom. The van der Waals surface area contributed by atoms with Crippen LogP contribution in [0.15, 0.2) is 72.8 Å². The van der Waals surface area contributed by atoms with Crippen molar-refractivity contribution >= 4 is 58.9 Å². The highest BCUT2D eigenvalue weighted by Crippen LogP contribution is 2.27. The molecular formula is C63H83N13O14. The Hall–Kier alpha value is -9.18. The molecule has 90 heavy (non-hydrogen) atoms. The summed E-state index contributed by atoms with van der Waals surface area (Å²) >= 11 is 0. The van der Waals surface area contributed by atoms with E-state index in [2.05, 4.69) is 47.9 Å². The fraction of sp³-hybridized carbons (Fsp3) is 0.460. The standard InChI is InChI=1S/C63H83N13O14/c1-64-51(78)21-5-12-42(77)11-4-2-3-10-41-40-76-35-28-71-61(88)48-18-8-17-47(54(48)81)58(85)67-23-30-73-29-22-65-56(83)43-13-6-15-45(52(43)79)59(86)68-26-33-75(38-39-76)34-27-69-60(87)46-16-7-14-44(53(46)80)57(84)66-24-31-74(37-36-73)32-25-70-62(89)49-19-9-20-50(55(49)82)63(90)72-41/h6-9,13-20,41,79-82H,2-5,10-12,21-40H2,1H3,(H,64,78)(H,65,83)(H,66,84)(H,67,85)(H,68,86)(H,69,87)(H,70,89)(H,71,88)(H,72,90). The van der Waals surface area contributed by atoms with E-state index in [4.69, 9.17) is 0 Å². The molecule has 0 spiro atoms. The number of rotatable bonds is 10. The summed E-state index contributed by atoms with van der Waals surface area (Å²) in [5, 5.41) is 71.5. The highest BCUT2D eigenvalue weighted by molar-refractivity contribution is 6.06. The van der Waals surface area contributed by atoms with Gasteiger partial charge in [-0.2, -0.15) is 0 Å². The Labute approximate surface area is 522 Å². The third kappa shape index (κ3) is 19.9. The van der Waals surface area contributed by atoms with E-state index in [1.807, 2.05) is 19.6 Å². The summed E-state index contributed by atoms with van der Waals surface area (Å²) < 4.78 is 0. The van der Waals surface area contributed by atoms with Crippen molar-refractivity contribution < 1.29 is 68.4 Å². The first kappa shape index (κ1) is 68.3. The van der Waals surface area contributed by atoms with Gasteiger partial charge in [0.2, 0.25) is 5.91 Å². The van der Waals surface area contributed by atoms with Crippen molar-refractivity contribution in [1.29, 1.82) is 0 Å². The molecule has 4 aromatic carbocycles. The molecule has 484 valence electrons. The number of fused-ring (bicyclic) bond motifs is 26. The third-order valence-electron chi connectivity index (χ3n) is 16.0. The lowest BCUT2D eigenvalue weighted by Crippen LogP contribution is -2.49. The number of Topliss-reactive ketones (excluding diaryl/α,β-unsaturated/α-hetero) is 1. The minimum absolute atomic E-state index is 0.00261. The SMILES string of the molecule is CNC(=O)CCCC(=O)CCCCCC1CN2CCNC(=O)c3cccc(c3O)C(=O)NCCN3CCNC(=O)c4cccc(c4O)C(=O)NCCN(CCNC(=O)c4cccc(c4O)C(=O)NCCN(CCNC(=O)c4cccc(c4O)C(=O)N1)CC3)CC2. The van der Waals surface area contributed by atoms with Gasteiger partial charge >= 0.3 is 0 Å². The number of amides is 9. The molecule has 12 bridgehead atoms. The van der Waals surface area contributed by atoms with Crippen LogP contribution in [-0.4, -0.2) is 236 Å². The molecule has 0 saturated heterocycles. The van der Waals surface area contributed by atoms with Crippen LogP contribution in [0.4, 0.5) is 0 Å². The molecule has 27 nitrogen and oxygen atoms in total. The monoisotopic (exact) mass is 1250 g/mol. The zero-order valence-electron chi connectivity index (χ0n) is 50.8. The van der Waals surface area contributed by atoms with Gasteiger partial charge in [0.15, 0.2) is 0 Å². The number of unbranched alkanes of at least 4 members (excludes halogenated alkanes) is 2. The molecule has 8 rings (SSSR count). The van der Waals surface area contributed by atoms with Crippen LogP contribution in [0.1, 0.15) is 134 Å². The zero-order chi connectivity index (χ0) is 64.5. The number of carbonyl (C=O) groups excluding carboxylic acids is 10. The van der Waals surface area contributed by atoms with Crippen LogP contribution in [0.2, 0.25) is 0 Å². The first-order valence-electron chi connectivity index (χ1n) is 30.6. The van der Waals surface area contributed by atoms with E-state index >= 15 is 0 Å². The number of aromatic hydroxyl groups is 4. The Bertz CT molecular complexity index is 3160. The van der Waals surface area contributed by atoms with Crippen LogP contribution < -0.4 is 47.9 Å². The molecule has 0 aromatic heterocycles. The predicted octanol–water partition coefficient (Wildman–Crippen LogP) is 0.501. The van der Waals surface area contributed by atoms with Crippen LogP contribution in [0.25, 0.3) is 0 Å². The summed E-state index contributed by atoms with van der Waals surface area (Å²) in [5.41, 5.74) is -1.35. The fourth-order valence-corrected chi connectivity index (χ4v) is 10.8. The number of hydrogen-bond donors (Lipinski definition) is 13. The number of ketones is 1. The van der Waals surface area contributed by atoms with Crippen molar-refractivity contribution in [2.24, 2.45) is 0 Å². The van der Waals surface area contributed by atoms with Gasteiger partial charge < -0.3 is 68.3 Å². The van der Waals surface area contributed by atoms with Crippen LogP contribution in [0.3, 0.4) is 0 Å². The van der Waals surface area contributed by atoms with Gasteiger partial charge in [-0.05, 0) is 67.8 Å². The van der Waals surface area contributed by atoms with Gasteiger partial charge in [-0.1, -0.05) is 37.1 Å². The number of nitrogens with zero attached hydrogens (tertiary/aromatic N) is 4. The summed E-state index contributed by atoms with van der Waals surface area (Å²) in [6, 6.07) is 16.3. The highest BCUT2D eigenvalue weighted by atomic mass is 16.3. The van der Waals surface area contributed by atoms with Crippen molar-refractivity contribution in [3.05, 3.63) is 117 Å². The van der Waals surface area contributed by atoms with Crippen LogP contribution in [-0.2, 0) is 9.59 Å². The van der Waals surface area contributed by atoms with Crippen LogP contribution >= 0.6 is 0 Å². The van der Waals surface area contributed by atoms with Crippen molar-refractivity contribution in [1.82, 2.24) is 67.5 Å². The maximum absolute atomic E-state index is 14.5. The molecule has 4 aliphatic heterocycles. The van der Waals surface area contributed by atoms with Gasteiger partial charge in [0.05, 0.1) is 44.5 Å². The Morgan fingerprint density at radius 2 is 0.656 bits per heavy atom. The van der Waals surface area contributed by atoms with E-state index in [-0.39, 0.29) is 200 Å². The molecule has 0 aliphatic carbocycles. The molecule has 5 atom stereocenters. The number of benzene rings is 4. The topological polar surface area (TPSA) is 373 Å². The molecule has 4 aliphatic rings. The summed E-state index contributed by atoms with van der Waals surface area (Å²) in [5.74, 6) is -7.85. The van der Waals surface area contributed by atoms with Crippen molar-refractivity contribution in [2.45, 2.75) is 57.4 Å². The first-order chi connectivity index (χ1) is 43.4. The van der Waals surface area contributed by atoms with Crippen LogP contribution in [0, 0.1) is 0 Å². The number of phenolic OH excluding ortho intramolecular Hbond substituents is 4. The van der Waals surface area contributed by atoms with Crippen LogP contribution in [0.5, 0.6) is 23.0 Å². The average molecular weight is 1250 g/mol. The lowest BCUT2D eigenvalue weighted by molar-refractivity contribution is -0.121. The maximum Gasteiger partial charge on any atom is 0.255 e. The summed E-state index contributed by atoms with van der Waals surface area (Å²) in [4.78, 5) is 144. The number of carbonyl (C=O) groups is 10. The van der Waals surface area contributed by atoms with Crippen molar-refractivity contribution in [2.75, 3.05) is 131 Å². The minimum Gasteiger partial charge on any atom is -0.506 e. The Balaban J connectivity index is 1.31. The van der Waals surface area contributed by atoms with E-state index in [1.54, 1.807) is 0 Å². The molecule has 5 unspecified atom stereocenters. The van der Waals surface area contributed by atoms with Crippen molar-refractivity contribution in [3.8, 4) is 23.0 Å². The Morgan fingerprint density at radius 3 is 0.967 bits per heavy atom. The normalized spacial score (nSPS) is 21.1. The van der Waals surface area contributed by atoms with Gasteiger partial charge in [0.1, 0.15) is 28.8 Å². The van der Waals surface area contributed by atoms with Crippen molar-refractivity contribution in [3.63, 3.8) is 0 Å². The molecule has 0 radical (unpaired) electrons. The summed E-state index contributed by atoms with van der Waals surface area (Å²) in [7, 11) is 1.53. The maximum atomic E-state index is 14.5. The number of phenols is 4. The fourth-order valence-electron chi connectivity index (χ4n) is 10.8. The van der Waals surface area contributed by atoms with Gasteiger partial charge in [-0.3, -0.25) is 67.5 Å². The van der Waals surface area contributed by atoms with Gasteiger partial charge in [0.25, 0.3) is 47.3 Å². The molecule has 0 saturated carbocycles. The highest BCUT2D eigenvalue weighted by Gasteiger charge is 2.27. The smallest absolute Gasteiger partial charge is 0.255 e. The number of para-hydroxylation sites is 4. The number of hydrogen-bond acceptors (Lipinski definition) is 18. The lowest BCUT2D eigenvalue weighted by atomic mass is 10.0. The Kier molecular flexibility index (Phi) is 26.2. The second-order valence-corrected chi connectivity index (χ2v) is 22.3. The molecule has 4 aromatic rings. The van der Waals surface area contributed by atoms with E-state index < -0.39 is 76.3 Å². The summed E-state index contributed by atoms with van der Waals surface area (Å²) in [6.07, 6.45) is 3.16. The van der Waals surface area contributed by atoms with Gasteiger partial charge in [-0.25, -0.2) is 0 Å². The molecule has 4 heterocycles. The molecule has 13 N–H and O–H groups in total.